The standard InChI is InChI=1S/C12H14FN3/c1-2-6-16-8-9(7-15-16)10-4-3-5-11(13)12(10)14/h3-5,7-8H,2,6,14H2,1H3. The van der Waals surface area contributed by atoms with Gasteiger partial charge < -0.3 is 5.73 Å². The maximum absolute atomic E-state index is 13.3. The molecule has 1 heterocycles. The van der Waals surface area contributed by atoms with E-state index >= 15 is 0 Å². The van der Waals surface area contributed by atoms with Crippen LogP contribution in [-0.4, -0.2) is 9.78 Å². The number of nitrogens with two attached hydrogens (primary N) is 1. The highest BCUT2D eigenvalue weighted by atomic mass is 19.1. The zero-order valence-electron chi connectivity index (χ0n) is 9.15. The quantitative estimate of drug-likeness (QED) is 0.806. The molecule has 0 aliphatic rings. The molecule has 0 fully saturated rings. The Labute approximate surface area is 93.7 Å². The minimum Gasteiger partial charge on any atom is -0.396 e. The van der Waals surface area contributed by atoms with E-state index in [1.807, 2.05) is 10.9 Å². The molecule has 2 rings (SSSR count). The number of anilines is 1. The summed E-state index contributed by atoms with van der Waals surface area (Å²) in [6.45, 7) is 2.94. The van der Waals surface area contributed by atoms with Gasteiger partial charge >= 0.3 is 0 Å². The molecule has 0 amide bonds. The smallest absolute Gasteiger partial charge is 0.146 e. The van der Waals surface area contributed by atoms with Crippen LogP contribution in [0, 0.1) is 5.82 Å². The van der Waals surface area contributed by atoms with Crippen LogP contribution in [0.3, 0.4) is 0 Å². The van der Waals surface area contributed by atoms with E-state index in [1.54, 1.807) is 18.3 Å². The van der Waals surface area contributed by atoms with Crippen LogP contribution in [0.1, 0.15) is 13.3 Å². The number of hydrogen-bond donors (Lipinski definition) is 1. The molecule has 0 aliphatic carbocycles. The third-order valence-corrected chi connectivity index (χ3v) is 2.45. The Morgan fingerprint density at radius 2 is 2.25 bits per heavy atom. The second-order valence-electron chi connectivity index (χ2n) is 3.69. The Morgan fingerprint density at radius 3 is 3.00 bits per heavy atom. The van der Waals surface area contributed by atoms with Crippen molar-refractivity contribution in [1.29, 1.82) is 0 Å². The summed E-state index contributed by atoms with van der Waals surface area (Å²) >= 11 is 0. The van der Waals surface area contributed by atoms with Crippen molar-refractivity contribution in [2.24, 2.45) is 0 Å². The molecule has 3 nitrogen and oxygen atoms in total. The fourth-order valence-corrected chi connectivity index (χ4v) is 1.64. The molecule has 4 heteroatoms. The Kier molecular flexibility index (Phi) is 2.90. The molecule has 1 aromatic heterocycles. The lowest BCUT2D eigenvalue weighted by atomic mass is 10.1. The zero-order valence-corrected chi connectivity index (χ0v) is 9.15. The highest BCUT2D eigenvalue weighted by Gasteiger charge is 2.08. The van der Waals surface area contributed by atoms with E-state index in [0.29, 0.717) is 5.56 Å². The molecule has 0 aliphatic heterocycles. The van der Waals surface area contributed by atoms with E-state index in [0.717, 1.165) is 18.5 Å². The van der Waals surface area contributed by atoms with Crippen molar-refractivity contribution < 1.29 is 4.39 Å². The van der Waals surface area contributed by atoms with Gasteiger partial charge in [0.2, 0.25) is 0 Å². The number of hydrogen-bond acceptors (Lipinski definition) is 2. The first-order valence-electron chi connectivity index (χ1n) is 5.29. The number of nitrogens with zero attached hydrogens (tertiary/aromatic N) is 2. The summed E-state index contributed by atoms with van der Waals surface area (Å²) in [5, 5.41) is 4.19. The van der Waals surface area contributed by atoms with E-state index in [1.165, 1.54) is 6.07 Å². The third-order valence-electron chi connectivity index (χ3n) is 2.45. The topological polar surface area (TPSA) is 43.8 Å². The van der Waals surface area contributed by atoms with Crippen molar-refractivity contribution in [3.05, 3.63) is 36.4 Å². The summed E-state index contributed by atoms with van der Waals surface area (Å²) in [6.07, 6.45) is 4.61. The van der Waals surface area contributed by atoms with Gasteiger partial charge in [-0.2, -0.15) is 5.10 Å². The predicted molar refractivity (Wildman–Crippen MR) is 62.3 cm³/mol. The zero-order chi connectivity index (χ0) is 11.5. The lowest BCUT2D eigenvalue weighted by Gasteiger charge is -2.03. The van der Waals surface area contributed by atoms with E-state index in [9.17, 15) is 4.39 Å². The number of rotatable bonds is 3. The number of nitrogen functional groups attached to an aromatic ring is 1. The molecule has 0 saturated carbocycles. The molecule has 16 heavy (non-hydrogen) atoms. The van der Waals surface area contributed by atoms with Gasteiger partial charge in [0.1, 0.15) is 5.82 Å². The first kappa shape index (κ1) is 10.7. The lowest BCUT2D eigenvalue weighted by Crippen LogP contribution is -1.96. The summed E-state index contributed by atoms with van der Waals surface area (Å²) in [7, 11) is 0. The van der Waals surface area contributed by atoms with Crippen LogP contribution >= 0.6 is 0 Å². The average molecular weight is 219 g/mol. The monoisotopic (exact) mass is 219 g/mol. The van der Waals surface area contributed by atoms with Gasteiger partial charge in [0.25, 0.3) is 0 Å². The fourth-order valence-electron chi connectivity index (χ4n) is 1.64. The Morgan fingerprint density at radius 1 is 1.44 bits per heavy atom. The minimum absolute atomic E-state index is 0.179. The van der Waals surface area contributed by atoms with Gasteiger partial charge in [0.15, 0.2) is 0 Å². The van der Waals surface area contributed by atoms with Gasteiger partial charge in [-0.05, 0) is 12.5 Å². The molecule has 0 saturated heterocycles. The van der Waals surface area contributed by atoms with Gasteiger partial charge in [0.05, 0.1) is 11.9 Å². The van der Waals surface area contributed by atoms with Gasteiger partial charge in [-0.25, -0.2) is 4.39 Å². The van der Waals surface area contributed by atoms with Gasteiger partial charge in [-0.3, -0.25) is 4.68 Å². The first-order chi connectivity index (χ1) is 7.72. The molecule has 84 valence electrons. The summed E-state index contributed by atoms with van der Waals surface area (Å²) in [5.74, 6) is -0.388. The molecule has 0 bridgehead atoms. The van der Waals surface area contributed by atoms with Crippen LogP contribution in [0.5, 0.6) is 0 Å². The number of aromatic nitrogens is 2. The Balaban J connectivity index is 2.39. The van der Waals surface area contributed by atoms with Crippen molar-refractivity contribution >= 4 is 5.69 Å². The van der Waals surface area contributed by atoms with Gasteiger partial charge in [0, 0.05) is 23.9 Å². The molecule has 0 unspecified atom stereocenters. The van der Waals surface area contributed by atoms with Crippen molar-refractivity contribution in [2.45, 2.75) is 19.9 Å². The predicted octanol–water partition coefficient (Wildman–Crippen LogP) is 2.68. The average Bonchev–Trinajstić information content (AvgIpc) is 2.71. The molecule has 0 atom stereocenters. The normalized spacial score (nSPS) is 10.6. The number of halogens is 1. The van der Waals surface area contributed by atoms with Crippen molar-refractivity contribution in [2.75, 3.05) is 5.73 Å². The molecule has 1 aromatic carbocycles. The van der Waals surface area contributed by atoms with E-state index in [4.69, 9.17) is 5.73 Å². The number of aryl methyl sites for hydroxylation is 1. The van der Waals surface area contributed by atoms with Crippen LogP contribution in [0.25, 0.3) is 11.1 Å². The van der Waals surface area contributed by atoms with Gasteiger partial charge in [-0.15, -0.1) is 0 Å². The van der Waals surface area contributed by atoms with Crippen LogP contribution in [0.4, 0.5) is 10.1 Å². The second-order valence-corrected chi connectivity index (χ2v) is 3.69. The van der Waals surface area contributed by atoms with Crippen molar-refractivity contribution in [3.8, 4) is 11.1 Å². The van der Waals surface area contributed by atoms with Crippen molar-refractivity contribution in [1.82, 2.24) is 9.78 Å². The minimum atomic E-state index is -0.388. The van der Waals surface area contributed by atoms with Crippen LogP contribution in [0.2, 0.25) is 0 Å². The fraction of sp³-hybridized carbons (Fsp3) is 0.250. The third kappa shape index (κ3) is 1.91. The first-order valence-corrected chi connectivity index (χ1v) is 5.29. The summed E-state index contributed by atoms with van der Waals surface area (Å²) < 4.78 is 15.1. The maximum Gasteiger partial charge on any atom is 0.146 e. The lowest BCUT2D eigenvalue weighted by molar-refractivity contribution is 0.603. The van der Waals surface area contributed by atoms with Crippen LogP contribution in [-0.2, 0) is 6.54 Å². The van der Waals surface area contributed by atoms with Gasteiger partial charge in [-0.1, -0.05) is 19.1 Å². The Hall–Kier alpha value is -1.84. The molecule has 0 spiro atoms. The van der Waals surface area contributed by atoms with Crippen LogP contribution in [0.15, 0.2) is 30.6 Å². The number of benzene rings is 1. The van der Waals surface area contributed by atoms with E-state index < -0.39 is 0 Å². The highest BCUT2D eigenvalue weighted by Crippen LogP contribution is 2.27. The molecular formula is C12H14FN3. The van der Waals surface area contributed by atoms with E-state index in [2.05, 4.69) is 12.0 Å². The second kappa shape index (κ2) is 4.35. The highest BCUT2D eigenvalue weighted by molar-refractivity contribution is 5.75. The Bertz CT molecular complexity index is 491. The molecule has 0 radical (unpaired) electrons. The largest absolute Gasteiger partial charge is 0.396 e. The van der Waals surface area contributed by atoms with Crippen molar-refractivity contribution in [3.63, 3.8) is 0 Å². The van der Waals surface area contributed by atoms with E-state index in [-0.39, 0.29) is 11.5 Å². The summed E-state index contributed by atoms with van der Waals surface area (Å²) in [4.78, 5) is 0. The number of para-hydroxylation sites is 1. The molecular weight excluding hydrogens is 205 g/mol. The molecule has 2 N–H and O–H groups in total. The summed E-state index contributed by atoms with van der Waals surface area (Å²) in [6, 6.07) is 4.80. The SMILES string of the molecule is CCCn1cc(-c2cccc(F)c2N)cn1. The summed E-state index contributed by atoms with van der Waals surface area (Å²) in [5.41, 5.74) is 7.41. The molecule has 2 aromatic rings. The van der Waals surface area contributed by atoms with Crippen LogP contribution < -0.4 is 5.73 Å². The maximum atomic E-state index is 13.3.